The molecule has 0 atom stereocenters. The van der Waals surface area contributed by atoms with Crippen molar-refractivity contribution in [1.82, 2.24) is 15.5 Å². The summed E-state index contributed by atoms with van der Waals surface area (Å²) in [7, 11) is 1.79. The summed E-state index contributed by atoms with van der Waals surface area (Å²) in [6, 6.07) is 7.47. The normalized spacial score (nSPS) is 15.9. The van der Waals surface area contributed by atoms with Gasteiger partial charge in [0, 0.05) is 20.1 Å². The fraction of sp³-hybridized carbons (Fsp3) is 0.619. The Morgan fingerprint density at radius 2 is 1.81 bits per heavy atom. The molecule has 1 saturated heterocycles. The minimum atomic E-state index is -0.279. The average molecular weight is 375 g/mol. The number of carbonyl (C=O) groups is 1. The summed E-state index contributed by atoms with van der Waals surface area (Å²) in [6.07, 6.45) is 6.56. The molecule has 27 heavy (non-hydrogen) atoms. The second-order valence-corrected chi connectivity index (χ2v) is 6.88. The molecule has 1 fully saturated rings. The molecule has 0 unspecified atom stereocenters. The third kappa shape index (κ3) is 7.99. The summed E-state index contributed by atoms with van der Waals surface area (Å²) < 4.78 is 5.00. The van der Waals surface area contributed by atoms with Gasteiger partial charge >= 0.3 is 5.97 Å². The van der Waals surface area contributed by atoms with Gasteiger partial charge < -0.3 is 20.3 Å². The highest BCUT2D eigenvalue weighted by Gasteiger charge is 2.08. The number of likely N-dealkylation sites (tertiary alicyclic amines) is 1. The molecule has 1 aromatic carbocycles. The summed E-state index contributed by atoms with van der Waals surface area (Å²) in [5.74, 6) is 0.527. The molecule has 6 heteroatoms. The molecule has 2 rings (SSSR count). The largest absolute Gasteiger partial charge is 0.462 e. The van der Waals surface area contributed by atoms with Crippen molar-refractivity contribution >= 4 is 11.9 Å². The predicted molar refractivity (Wildman–Crippen MR) is 110 cm³/mol. The van der Waals surface area contributed by atoms with Crippen molar-refractivity contribution in [3.8, 4) is 0 Å². The van der Waals surface area contributed by atoms with Gasteiger partial charge in [0.25, 0.3) is 0 Å². The van der Waals surface area contributed by atoms with Crippen LogP contribution in [0.2, 0.25) is 0 Å². The highest BCUT2D eigenvalue weighted by Crippen LogP contribution is 2.09. The van der Waals surface area contributed by atoms with Crippen molar-refractivity contribution in [1.29, 1.82) is 0 Å². The molecule has 150 valence electrons. The van der Waals surface area contributed by atoms with E-state index >= 15 is 0 Å². The minimum Gasteiger partial charge on any atom is -0.462 e. The number of ether oxygens (including phenoxy) is 1. The number of carbonyl (C=O) groups excluding carboxylic acids is 1. The Balaban J connectivity index is 1.66. The van der Waals surface area contributed by atoms with Crippen LogP contribution in [0.15, 0.2) is 29.3 Å². The number of esters is 1. The second-order valence-electron chi connectivity index (χ2n) is 6.88. The number of rotatable bonds is 8. The van der Waals surface area contributed by atoms with Crippen molar-refractivity contribution in [2.75, 3.05) is 39.8 Å². The summed E-state index contributed by atoms with van der Waals surface area (Å²) in [5.41, 5.74) is 1.67. The molecule has 6 nitrogen and oxygen atoms in total. The van der Waals surface area contributed by atoms with Crippen LogP contribution in [-0.2, 0) is 11.3 Å². The Hall–Kier alpha value is -2.08. The smallest absolute Gasteiger partial charge is 0.338 e. The lowest BCUT2D eigenvalue weighted by Crippen LogP contribution is -2.38. The molecule has 1 heterocycles. The van der Waals surface area contributed by atoms with Gasteiger partial charge in [-0.3, -0.25) is 4.99 Å². The van der Waals surface area contributed by atoms with E-state index in [2.05, 4.69) is 20.5 Å². The maximum Gasteiger partial charge on any atom is 0.338 e. The van der Waals surface area contributed by atoms with Gasteiger partial charge in [-0.25, -0.2) is 4.79 Å². The molecule has 1 aliphatic heterocycles. The molecule has 1 aromatic rings. The quantitative estimate of drug-likeness (QED) is 0.317. The summed E-state index contributed by atoms with van der Waals surface area (Å²) in [6.45, 7) is 7.42. The number of benzene rings is 1. The van der Waals surface area contributed by atoms with Crippen LogP contribution in [0.3, 0.4) is 0 Å². The van der Waals surface area contributed by atoms with Gasteiger partial charge in [-0.2, -0.15) is 0 Å². The van der Waals surface area contributed by atoms with E-state index in [0.29, 0.717) is 18.7 Å². The van der Waals surface area contributed by atoms with Crippen LogP contribution in [0.25, 0.3) is 0 Å². The molecule has 0 amide bonds. The average Bonchev–Trinajstić information content (AvgIpc) is 2.97. The van der Waals surface area contributed by atoms with Crippen LogP contribution < -0.4 is 10.6 Å². The Morgan fingerprint density at radius 3 is 2.44 bits per heavy atom. The summed E-state index contributed by atoms with van der Waals surface area (Å²) >= 11 is 0. The lowest BCUT2D eigenvalue weighted by Gasteiger charge is -2.20. The minimum absolute atomic E-state index is 0.279. The third-order valence-corrected chi connectivity index (χ3v) is 4.79. The molecule has 0 aromatic heterocycles. The van der Waals surface area contributed by atoms with Crippen LogP contribution in [-0.4, -0.2) is 56.7 Å². The van der Waals surface area contributed by atoms with Crippen LogP contribution in [0, 0.1) is 0 Å². The van der Waals surface area contributed by atoms with Crippen LogP contribution >= 0.6 is 0 Å². The van der Waals surface area contributed by atoms with Crippen molar-refractivity contribution in [3.05, 3.63) is 35.4 Å². The number of aliphatic imine (C=N–C) groups is 1. The topological polar surface area (TPSA) is 66.0 Å². The summed E-state index contributed by atoms with van der Waals surface area (Å²) in [4.78, 5) is 18.5. The van der Waals surface area contributed by atoms with Gasteiger partial charge in [0.15, 0.2) is 5.96 Å². The molecule has 0 saturated carbocycles. The zero-order valence-electron chi connectivity index (χ0n) is 16.8. The Labute approximate surface area is 163 Å². The highest BCUT2D eigenvalue weighted by atomic mass is 16.5. The number of nitrogens with zero attached hydrogens (tertiary/aromatic N) is 2. The third-order valence-electron chi connectivity index (χ3n) is 4.79. The van der Waals surface area contributed by atoms with E-state index in [4.69, 9.17) is 4.74 Å². The van der Waals surface area contributed by atoms with E-state index in [1.54, 1.807) is 19.2 Å². The molecule has 0 spiro atoms. The van der Waals surface area contributed by atoms with E-state index in [0.717, 1.165) is 31.0 Å². The van der Waals surface area contributed by atoms with E-state index in [9.17, 15) is 4.79 Å². The molecule has 1 aliphatic rings. The van der Waals surface area contributed by atoms with Crippen LogP contribution in [0.1, 0.15) is 54.9 Å². The van der Waals surface area contributed by atoms with E-state index in [1.807, 2.05) is 19.1 Å². The maximum atomic E-state index is 11.7. The first-order chi connectivity index (χ1) is 13.2. The van der Waals surface area contributed by atoms with Crippen molar-refractivity contribution in [2.45, 2.75) is 45.6 Å². The monoisotopic (exact) mass is 374 g/mol. The van der Waals surface area contributed by atoms with Crippen molar-refractivity contribution < 1.29 is 9.53 Å². The maximum absolute atomic E-state index is 11.7. The Morgan fingerprint density at radius 1 is 1.11 bits per heavy atom. The fourth-order valence-corrected chi connectivity index (χ4v) is 3.25. The second kappa shape index (κ2) is 12.3. The van der Waals surface area contributed by atoms with Gasteiger partial charge in [0.2, 0.25) is 0 Å². The molecular weight excluding hydrogens is 340 g/mol. The molecule has 0 radical (unpaired) electrons. The predicted octanol–water partition coefficient (Wildman–Crippen LogP) is 2.79. The van der Waals surface area contributed by atoms with Gasteiger partial charge in [-0.1, -0.05) is 25.0 Å². The lowest BCUT2D eigenvalue weighted by molar-refractivity contribution is 0.0526. The molecular formula is C21H34N4O2. The fourth-order valence-electron chi connectivity index (χ4n) is 3.25. The number of hydrogen-bond donors (Lipinski definition) is 2. The zero-order valence-corrected chi connectivity index (χ0v) is 16.8. The summed E-state index contributed by atoms with van der Waals surface area (Å²) in [5, 5.41) is 6.70. The van der Waals surface area contributed by atoms with Crippen LogP contribution in [0.5, 0.6) is 0 Å². The number of hydrogen-bond acceptors (Lipinski definition) is 4. The zero-order chi connectivity index (χ0) is 19.3. The van der Waals surface area contributed by atoms with Gasteiger partial charge in [-0.15, -0.1) is 0 Å². The van der Waals surface area contributed by atoms with Crippen molar-refractivity contribution in [3.63, 3.8) is 0 Å². The van der Waals surface area contributed by atoms with Gasteiger partial charge in [-0.05, 0) is 63.5 Å². The SMILES string of the molecule is CCOC(=O)c1ccc(CNC(=NC)NCCCN2CCCCCC2)cc1. The van der Waals surface area contributed by atoms with E-state index in [1.165, 1.54) is 38.8 Å². The van der Waals surface area contributed by atoms with Crippen LogP contribution in [0.4, 0.5) is 0 Å². The first kappa shape index (κ1) is 21.2. The van der Waals surface area contributed by atoms with E-state index < -0.39 is 0 Å². The first-order valence-electron chi connectivity index (χ1n) is 10.2. The van der Waals surface area contributed by atoms with Crippen molar-refractivity contribution in [2.24, 2.45) is 4.99 Å². The van der Waals surface area contributed by atoms with Gasteiger partial charge in [0.1, 0.15) is 0 Å². The number of nitrogens with one attached hydrogen (secondary N) is 2. The Bertz CT molecular complexity index is 578. The molecule has 0 bridgehead atoms. The Kier molecular flexibility index (Phi) is 9.69. The molecule has 2 N–H and O–H groups in total. The first-order valence-corrected chi connectivity index (χ1v) is 10.2. The highest BCUT2D eigenvalue weighted by molar-refractivity contribution is 5.89. The standard InChI is InChI=1S/C21H34N4O2/c1-3-27-20(26)19-11-9-18(10-12-19)17-24-21(22-2)23-13-8-16-25-14-6-4-5-7-15-25/h9-12H,3-8,13-17H2,1-2H3,(H2,22,23,24). The van der Waals surface area contributed by atoms with Gasteiger partial charge in [0.05, 0.1) is 12.2 Å². The number of guanidine groups is 1. The van der Waals surface area contributed by atoms with E-state index in [-0.39, 0.29) is 5.97 Å². The molecule has 0 aliphatic carbocycles. The lowest BCUT2D eigenvalue weighted by atomic mass is 10.1.